The molecule has 1 aliphatic rings. The maximum Gasteiger partial charge on any atom is 0.254 e. The lowest BCUT2D eigenvalue weighted by Crippen LogP contribution is -2.32. The predicted molar refractivity (Wildman–Crippen MR) is 90.1 cm³/mol. The fourth-order valence-electron chi connectivity index (χ4n) is 2.60. The molecule has 0 saturated heterocycles. The van der Waals surface area contributed by atoms with Crippen LogP contribution in [0.2, 0.25) is 0 Å². The minimum Gasteiger partial charge on any atom is -0.331 e. The Morgan fingerprint density at radius 1 is 1.04 bits per heavy atom. The van der Waals surface area contributed by atoms with Crippen molar-refractivity contribution < 1.29 is 9.59 Å². The summed E-state index contributed by atoms with van der Waals surface area (Å²) in [6, 6.07) is 17.5. The highest BCUT2D eigenvalue weighted by Crippen LogP contribution is 2.30. The van der Waals surface area contributed by atoms with Gasteiger partial charge >= 0.3 is 0 Å². The molecule has 1 aliphatic carbocycles. The first kappa shape index (κ1) is 15.3. The van der Waals surface area contributed by atoms with Crippen molar-refractivity contribution in [3.05, 3.63) is 65.7 Å². The smallest absolute Gasteiger partial charge is 0.254 e. The molecule has 2 aromatic carbocycles. The first-order chi connectivity index (χ1) is 11.1. The zero-order valence-corrected chi connectivity index (χ0v) is 13.2. The Morgan fingerprint density at radius 2 is 1.70 bits per heavy atom. The number of carbonyl (C=O) groups excluding carboxylic acids is 2. The van der Waals surface area contributed by atoms with Crippen LogP contribution in [0.5, 0.6) is 0 Å². The first-order valence-electron chi connectivity index (χ1n) is 7.86. The molecule has 0 heterocycles. The van der Waals surface area contributed by atoms with Gasteiger partial charge in [-0.2, -0.15) is 0 Å². The Kier molecular flexibility index (Phi) is 4.42. The molecule has 0 radical (unpaired) electrons. The summed E-state index contributed by atoms with van der Waals surface area (Å²) in [6.45, 7) is 2.10. The molecule has 2 amide bonds. The molecule has 0 bridgehead atoms. The minimum atomic E-state index is -0.118. The average molecular weight is 308 g/mol. The van der Waals surface area contributed by atoms with Crippen molar-refractivity contribution in [2.75, 3.05) is 5.32 Å². The van der Waals surface area contributed by atoms with E-state index in [4.69, 9.17) is 0 Å². The molecule has 0 aromatic heterocycles. The third-order valence-electron chi connectivity index (χ3n) is 3.90. The maximum atomic E-state index is 12.8. The molecule has 0 aliphatic heterocycles. The number of amides is 2. The van der Waals surface area contributed by atoms with E-state index in [0.29, 0.717) is 23.8 Å². The van der Waals surface area contributed by atoms with Crippen LogP contribution < -0.4 is 5.32 Å². The lowest BCUT2D eigenvalue weighted by atomic mass is 10.1. The molecule has 2 aromatic rings. The second-order valence-electron chi connectivity index (χ2n) is 5.91. The van der Waals surface area contributed by atoms with Crippen LogP contribution in [0.1, 0.15) is 35.7 Å². The van der Waals surface area contributed by atoms with E-state index >= 15 is 0 Å². The van der Waals surface area contributed by atoms with Crippen LogP contribution in [0.15, 0.2) is 54.6 Å². The molecule has 118 valence electrons. The van der Waals surface area contributed by atoms with Gasteiger partial charge in [0.25, 0.3) is 5.91 Å². The molecular formula is C19H20N2O2. The highest BCUT2D eigenvalue weighted by atomic mass is 16.2. The van der Waals surface area contributed by atoms with E-state index < -0.39 is 0 Å². The molecule has 0 unspecified atom stereocenters. The summed E-state index contributed by atoms with van der Waals surface area (Å²) in [7, 11) is 0. The number of nitrogens with one attached hydrogen (secondary N) is 1. The Balaban J connectivity index is 1.74. The fraction of sp³-hybridized carbons (Fsp3) is 0.263. The molecule has 23 heavy (non-hydrogen) atoms. The van der Waals surface area contributed by atoms with E-state index in [9.17, 15) is 9.59 Å². The second kappa shape index (κ2) is 6.65. The number of benzene rings is 2. The van der Waals surface area contributed by atoms with Crippen LogP contribution in [-0.4, -0.2) is 22.8 Å². The lowest BCUT2D eigenvalue weighted by Gasteiger charge is -2.23. The molecule has 3 rings (SSSR count). The number of anilines is 1. The minimum absolute atomic E-state index is 0.0470. The summed E-state index contributed by atoms with van der Waals surface area (Å²) in [4.78, 5) is 25.8. The van der Waals surface area contributed by atoms with Crippen LogP contribution in [0.3, 0.4) is 0 Å². The third-order valence-corrected chi connectivity index (χ3v) is 3.90. The van der Waals surface area contributed by atoms with Gasteiger partial charge in [-0.15, -0.1) is 0 Å². The van der Waals surface area contributed by atoms with Gasteiger partial charge in [-0.3, -0.25) is 9.59 Å². The standard InChI is InChI=1S/C19H20N2O2/c1-14(22)20-17-9-7-16(8-10-17)19(23)21(18-11-12-18)13-15-5-3-2-4-6-15/h2-10,18H,11-13H2,1H3,(H,20,22). The molecular weight excluding hydrogens is 288 g/mol. The van der Waals surface area contributed by atoms with Gasteiger partial charge in [-0.05, 0) is 42.7 Å². The number of carbonyl (C=O) groups is 2. The summed E-state index contributed by atoms with van der Waals surface area (Å²) in [5.41, 5.74) is 2.50. The number of hydrogen-bond acceptors (Lipinski definition) is 2. The van der Waals surface area contributed by atoms with Crippen molar-refractivity contribution >= 4 is 17.5 Å². The Labute approximate surface area is 136 Å². The molecule has 0 spiro atoms. The van der Waals surface area contributed by atoms with Crippen LogP contribution in [0, 0.1) is 0 Å². The number of rotatable bonds is 5. The molecule has 4 nitrogen and oxygen atoms in total. The van der Waals surface area contributed by atoms with Gasteiger partial charge in [-0.1, -0.05) is 30.3 Å². The van der Waals surface area contributed by atoms with E-state index in [2.05, 4.69) is 5.32 Å². The van der Waals surface area contributed by atoms with Gasteiger partial charge in [0, 0.05) is 30.8 Å². The summed E-state index contributed by atoms with van der Waals surface area (Å²) < 4.78 is 0. The van der Waals surface area contributed by atoms with Crippen LogP contribution >= 0.6 is 0 Å². The topological polar surface area (TPSA) is 49.4 Å². The van der Waals surface area contributed by atoms with Gasteiger partial charge in [0.1, 0.15) is 0 Å². The third kappa shape index (κ3) is 3.97. The quantitative estimate of drug-likeness (QED) is 0.919. The lowest BCUT2D eigenvalue weighted by molar-refractivity contribution is -0.114. The van der Waals surface area contributed by atoms with Crippen molar-refractivity contribution in [1.82, 2.24) is 4.90 Å². The van der Waals surface area contributed by atoms with Gasteiger partial charge in [-0.25, -0.2) is 0 Å². The molecule has 4 heteroatoms. The van der Waals surface area contributed by atoms with E-state index in [-0.39, 0.29) is 11.8 Å². The fourth-order valence-corrected chi connectivity index (χ4v) is 2.60. The molecule has 1 saturated carbocycles. The van der Waals surface area contributed by atoms with Crippen LogP contribution in [-0.2, 0) is 11.3 Å². The zero-order valence-electron chi connectivity index (χ0n) is 13.2. The summed E-state index contributed by atoms with van der Waals surface area (Å²) in [5.74, 6) is -0.0708. The number of nitrogens with zero attached hydrogens (tertiary/aromatic N) is 1. The normalized spacial score (nSPS) is 13.4. The summed E-state index contributed by atoms with van der Waals surface area (Å²) >= 11 is 0. The molecule has 0 atom stereocenters. The Hall–Kier alpha value is -2.62. The maximum absolute atomic E-state index is 12.8. The Morgan fingerprint density at radius 3 is 2.26 bits per heavy atom. The van der Waals surface area contributed by atoms with Crippen molar-refractivity contribution in [3.8, 4) is 0 Å². The molecule has 1 fully saturated rings. The highest BCUT2D eigenvalue weighted by Gasteiger charge is 2.32. The van der Waals surface area contributed by atoms with Gasteiger partial charge < -0.3 is 10.2 Å². The van der Waals surface area contributed by atoms with Crippen molar-refractivity contribution in [1.29, 1.82) is 0 Å². The highest BCUT2D eigenvalue weighted by molar-refractivity contribution is 5.95. The number of hydrogen-bond donors (Lipinski definition) is 1. The zero-order chi connectivity index (χ0) is 16.2. The van der Waals surface area contributed by atoms with E-state index in [1.165, 1.54) is 6.92 Å². The largest absolute Gasteiger partial charge is 0.331 e. The van der Waals surface area contributed by atoms with Crippen molar-refractivity contribution in [2.24, 2.45) is 0 Å². The van der Waals surface area contributed by atoms with Gasteiger partial charge in [0.05, 0.1) is 0 Å². The average Bonchev–Trinajstić information content (AvgIpc) is 3.38. The van der Waals surface area contributed by atoms with Crippen molar-refractivity contribution in [3.63, 3.8) is 0 Å². The van der Waals surface area contributed by atoms with E-state index in [1.54, 1.807) is 24.3 Å². The van der Waals surface area contributed by atoms with E-state index in [1.807, 2.05) is 35.2 Å². The molecule has 1 N–H and O–H groups in total. The Bertz CT molecular complexity index is 691. The van der Waals surface area contributed by atoms with Crippen LogP contribution in [0.4, 0.5) is 5.69 Å². The van der Waals surface area contributed by atoms with Crippen LogP contribution in [0.25, 0.3) is 0 Å². The second-order valence-corrected chi connectivity index (χ2v) is 5.91. The summed E-state index contributed by atoms with van der Waals surface area (Å²) in [6.07, 6.45) is 2.14. The van der Waals surface area contributed by atoms with Gasteiger partial charge in [0.15, 0.2) is 0 Å². The van der Waals surface area contributed by atoms with Crippen molar-refractivity contribution in [2.45, 2.75) is 32.4 Å². The SMILES string of the molecule is CC(=O)Nc1ccc(C(=O)N(Cc2ccccc2)C2CC2)cc1. The first-order valence-corrected chi connectivity index (χ1v) is 7.86. The van der Waals surface area contributed by atoms with Gasteiger partial charge in [0.2, 0.25) is 5.91 Å². The van der Waals surface area contributed by atoms with E-state index in [0.717, 1.165) is 18.4 Å². The predicted octanol–water partition coefficient (Wildman–Crippen LogP) is 3.45. The summed E-state index contributed by atoms with van der Waals surface area (Å²) in [5, 5.41) is 2.71. The monoisotopic (exact) mass is 308 g/mol.